The number of fused-ring (bicyclic) bond motifs is 1. The summed E-state index contributed by atoms with van der Waals surface area (Å²) in [4.78, 5) is 34.1. The Bertz CT molecular complexity index is 1050. The Morgan fingerprint density at radius 2 is 1.86 bits per heavy atom. The molecule has 1 aromatic carbocycles. The molecule has 1 N–H and O–H groups in total. The number of methoxy groups -OCH3 is 1. The van der Waals surface area contributed by atoms with E-state index in [2.05, 4.69) is 10.3 Å². The summed E-state index contributed by atoms with van der Waals surface area (Å²) in [5.41, 5.74) is 1.24. The molecule has 0 aromatic heterocycles. The molecular formula is C24H29F3N4O3S. The fourth-order valence-electron chi connectivity index (χ4n) is 4.01. The van der Waals surface area contributed by atoms with Crippen LogP contribution in [-0.2, 0) is 20.5 Å². The molecule has 35 heavy (non-hydrogen) atoms. The normalized spacial score (nSPS) is 17.7. The van der Waals surface area contributed by atoms with Crippen molar-refractivity contribution in [2.45, 2.75) is 39.4 Å². The van der Waals surface area contributed by atoms with Crippen molar-refractivity contribution in [3.63, 3.8) is 0 Å². The number of carbonyl (C=O) groups excluding carboxylic acids is 2. The molecule has 0 saturated carbocycles. The molecule has 1 aromatic rings. The molecule has 0 radical (unpaired) electrons. The molecule has 0 spiro atoms. The summed E-state index contributed by atoms with van der Waals surface area (Å²) in [6.45, 7) is 7.13. The largest absolute Gasteiger partial charge is 0.416 e. The number of amidine groups is 1. The third-order valence-electron chi connectivity index (χ3n) is 5.81. The van der Waals surface area contributed by atoms with Gasteiger partial charge in [-0.05, 0) is 43.9 Å². The van der Waals surface area contributed by atoms with Crippen LogP contribution in [0.25, 0.3) is 0 Å². The van der Waals surface area contributed by atoms with Crippen molar-refractivity contribution >= 4 is 28.7 Å². The SMILES string of the molecule is CCN(CC)C(=O)C1=C(C)N=C2SC=C(CC(=O)NCCOC)N2C1c1ccc(C(F)(F)F)cc1. The average Bonchev–Trinajstić information content (AvgIpc) is 3.20. The highest BCUT2D eigenvalue weighted by Crippen LogP contribution is 2.45. The van der Waals surface area contributed by atoms with Crippen LogP contribution in [0.4, 0.5) is 13.2 Å². The number of hydrogen-bond donors (Lipinski definition) is 1. The van der Waals surface area contributed by atoms with E-state index in [1.807, 2.05) is 13.8 Å². The van der Waals surface area contributed by atoms with Crippen LogP contribution in [0.1, 0.15) is 44.4 Å². The zero-order chi connectivity index (χ0) is 25.8. The van der Waals surface area contributed by atoms with Crippen LogP contribution in [0.15, 0.2) is 51.6 Å². The van der Waals surface area contributed by atoms with Gasteiger partial charge in [0.1, 0.15) is 0 Å². The summed E-state index contributed by atoms with van der Waals surface area (Å²) in [5, 5.41) is 5.14. The van der Waals surface area contributed by atoms with Crippen molar-refractivity contribution in [1.82, 2.24) is 15.1 Å². The van der Waals surface area contributed by atoms with Crippen LogP contribution >= 0.6 is 11.8 Å². The van der Waals surface area contributed by atoms with Crippen molar-refractivity contribution in [1.29, 1.82) is 0 Å². The monoisotopic (exact) mass is 510 g/mol. The van der Waals surface area contributed by atoms with Gasteiger partial charge in [0.05, 0.1) is 35.9 Å². The molecule has 2 aliphatic rings. The number of benzene rings is 1. The van der Waals surface area contributed by atoms with E-state index in [9.17, 15) is 22.8 Å². The van der Waals surface area contributed by atoms with E-state index in [4.69, 9.17) is 4.74 Å². The van der Waals surface area contributed by atoms with Crippen LogP contribution < -0.4 is 5.32 Å². The molecule has 2 aliphatic heterocycles. The molecule has 190 valence electrons. The van der Waals surface area contributed by atoms with Crippen LogP contribution in [0.3, 0.4) is 0 Å². The van der Waals surface area contributed by atoms with Crippen LogP contribution in [-0.4, -0.2) is 60.1 Å². The number of hydrogen-bond acceptors (Lipinski definition) is 6. The third kappa shape index (κ3) is 5.90. The molecule has 7 nitrogen and oxygen atoms in total. The molecule has 2 amide bonds. The van der Waals surface area contributed by atoms with Gasteiger partial charge in [0.2, 0.25) is 5.91 Å². The van der Waals surface area contributed by atoms with E-state index in [0.717, 1.165) is 12.1 Å². The molecule has 0 saturated heterocycles. The first-order chi connectivity index (χ1) is 16.6. The van der Waals surface area contributed by atoms with Gasteiger partial charge in [-0.2, -0.15) is 13.2 Å². The maximum Gasteiger partial charge on any atom is 0.416 e. The minimum Gasteiger partial charge on any atom is -0.383 e. The van der Waals surface area contributed by atoms with Gasteiger partial charge in [-0.1, -0.05) is 23.9 Å². The first kappa shape index (κ1) is 26.8. The van der Waals surface area contributed by atoms with Gasteiger partial charge in [-0.3, -0.25) is 9.59 Å². The lowest BCUT2D eigenvalue weighted by atomic mass is 9.92. The van der Waals surface area contributed by atoms with E-state index in [-0.39, 0.29) is 18.2 Å². The zero-order valence-electron chi connectivity index (χ0n) is 20.1. The Morgan fingerprint density at radius 1 is 1.20 bits per heavy atom. The number of aliphatic imine (C=N–C) groups is 1. The number of alkyl halides is 3. The summed E-state index contributed by atoms with van der Waals surface area (Å²) in [5.74, 6) is -0.467. The minimum atomic E-state index is -4.47. The second kappa shape index (κ2) is 11.3. The number of likely N-dealkylation sites (N-methyl/N-ethyl adjacent to an activating group) is 1. The van der Waals surface area contributed by atoms with Crippen LogP contribution in [0.5, 0.6) is 0 Å². The lowest BCUT2D eigenvalue weighted by Gasteiger charge is -2.38. The van der Waals surface area contributed by atoms with Gasteiger partial charge in [0, 0.05) is 32.4 Å². The quantitative estimate of drug-likeness (QED) is 0.502. The fourth-order valence-corrected chi connectivity index (χ4v) is 4.98. The Hall–Kier alpha value is -2.79. The van der Waals surface area contributed by atoms with Crippen molar-refractivity contribution in [3.8, 4) is 0 Å². The molecule has 0 fully saturated rings. The van der Waals surface area contributed by atoms with Crippen molar-refractivity contribution in [2.75, 3.05) is 33.4 Å². The standard InChI is InChI=1S/C24H29F3N4O3S/c1-5-30(6-2)22(33)20-15(3)29-23-31(18(14-35-23)13-19(32)28-11-12-34-4)21(20)16-7-9-17(10-8-16)24(25,26)27/h7-10,14,21H,5-6,11-13H2,1-4H3,(H,28,32). The highest BCUT2D eigenvalue weighted by atomic mass is 32.2. The number of thioether (sulfide) groups is 1. The number of nitrogens with one attached hydrogen (secondary N) is 1. The van der Waals surface area contributed by atoms with Gasteiger partial charge < -0.3 is 19.9 Å². The average molecular weight is 511 g/mol. The summed E-state index contributed by atoms with van der Waals surface area (Å²) < 4.78 is 44.6. The van der Waals surface area contributed by atoms with Crippen molar-refractivity contribution < 1.29 is 27.5 Å². The maximum absolute atomic E-state index is 13.5. The third-order valence-corrected chi connectivity index (χ3v) is 6.69. The molecule has 0 bridgehead atoms. The highest BCUT2D eigenvalue weighted by Gasteiger charge is 2.41. The topological polar surface area (TPSA) is 74.2 Å². The summed E-state index contributed by atoms with van der Waals surface area (Å²) in [6.07, 6.45) is -4.45. The van der Waals surface area contributed by atoms with Crippen molar-refractivity contribution in [3.05, 3.63) is 57.8 Å². The number of carbonyl (C=O) groups is 2. The number of ether oxygens (including phenoxy) is 1. The van der Waals surface area contributed by atoms with E-state index >= 15 is 0 Å². The Labute approximate surface area is 207 Å². The van der Waals surface area contributed by atoms with Gasteiger partial charge >= 0.3 is 6.18 Å². The molecule has 0 aliphatic carbocycles. The molecule has 3 rings (SSSR count). The summed E-state index contributed by atoms with van der Waals surface area (Å²) in [7, 11) is 1.54. The molecule has 1 unspecified atom stereocenters. The number of halogens is 3. The maximum atomic E-state index is 13.5. The molecule has 2 heterocycles. The first-order valence-electron chi connectivity index (χ1n) is 11.3. The van der Waals surface area contributed by atoms with Crippen LogP contribution in [0, 0.1) is 0 Å². The zero-order valence-corrected chi connectivity index (χ0v) is 20.9. The van der Waals surface area contributed by atoms with Gasteiger partial charge in [-0.25, -0.2) is 4.99 Å². The van der Waals surface area contributed by atoms with E-state index in [1.165, 1.54) is 31.0 Å². The van der Waals surface area contributed by atoms with E-state index < -0.39 is 17.8 Å². The lowest BCUT2D eigenvalue weighted by molar-refractivity contribution is -0.137. The first-order valence-corrected chi connectivity index (χ1v) is 12.2. The Kier molecular flexibility index (Phi) is 8.65. The smallest absolute Gasteiger partial charge is 0.383 e. The molecular weight excluding hydrogens is 481 g/mol. The number of allylic oxidation sites excluding steroid dienone is 1. The Morgan fingerprint density at radius 3 is 2.43 bits per heavy atom. The fraction of sp³-hybridized carbons (Fsp3) is 0.458. The Balaban J connectivity index is 2.03. The molecule has 11 heteroatoms. The van der Waals surface area contributed by atoms with E-state index in [1.54, 1.807) is 22.1 Å². The van der Waals surface area contributed by atoms with Gasteiger partial charge in [0.15, 0.2) is 5.17 Å². The van der Waals surface area contributed by atoms with E-state index in [0.29, 0.717) is 53.9 Å². The lowest BCUT2D eigenvalue weighted by Crippen LogP contribution is -2.42. The second-order valence-electron chi connectivity index (χ2n) is 8.01. The van der Waals surface area contributed by atoms with Gasteiger partial charge in [0.25, 0.3) is 5.91 Å². The summed E-state index contributed by atoms with van der Waals surface area (Å²) >= 11 is 1.32. The number of rotatable bonds is 9. The van der Waals surface area contributed by atoms with Crippen molar-refractivity contribution in [2.24, 2.45) is 4.99 Å². The number of amides is 2. The van der Waals surface area contributed by atoms with Gasteiger partial charge in [-0.15, -0.1) is 0 Å². The predicted molar refractivity (Wildman–Crippen MR) is 129 cm³/mol. The summed E-state index contributed by atoms with van der Waals surface area (Å²) in [6, 6.07) is 4.09. The van der Waals surface area contributed by atoms with Crippen LogP contribution in [0.2, 0.25) is 0 Å². The second-order valence-corrected chi connectivity index (χ2v) is 8.85. The minimum absolute atomic E-state index is 0.0264. The number of nitrogens with zero attached hydrogens (tertiary/aromatic N) is 3. The molecule has 1 atom stereocenters. The predicted octanol–water partition coefficient (Wildman–Crippen LogP) is 4.30. The highest BCUT2D eigenvalue weighted by molar-refractivity contribution is 8.16.